The fraction of sp³-hybridized carbons (Fsp3) is 0.944. The van der Waals surface area contributed by atoms with Crippen LogP contribution in [0.3, 0.4) is 0 Å². The summed E-state index contributed by atoms with van der Waals surface area (Å²) < 4.78 is 6.00. The molecule has 3 atom stereocenters. The molecule has 0 bridgehead atoms. The molecule has 1 aliphatic heterocycles. The van der Waals surface area contributed by atoms with Crippen LogP contribution in [0.15, 0.2) is 4.99 Å². The molecule has 4 heteroatoms. The molecule has 2 N–H and O–H groups in total. The summed E-state index contributed by atoms with van der Waals surface area (Å²) in [4.78, 5) is 4.46. The largest absolute Gasteiger partial charge is 0.377 e. The fourth-order valence-electron chi connectivity index (χ4n) is 4.76. The lowest BCUT2D eigenvalue weighted by atomic mass is 9.55. The van der Waals surface area contributed by atoms with Gasteiger partial charge >= 0.3 is 0 Å². The minimum absolute atomic E-state index is 0.196. The minimum atomic E-state index is 0.196. The Morgan fingerprint density at radius 2 is 2.05 bits per heavy atom. The zero-order valence-corrected chi connectivity index (χ0v) is 14.7. The molecule has 22 heavy (non-hydrogen) atoms. The van der Waals surface area contributed by atoms with Crippen molar-refractivity contribution in [2.75, 3.05) is 20.2 Å². The predicted octanol–water partition coefficient (Wildman–Crippen LogP) is 2.94. The molecule has 4 nitrogen and oxygen atoms in total. The number of guanidine groups is 1. The molecule has 3 fully saturated rings. The van der Waals surface area contributed by atoms with Gasteiger partial charge in [0.25, 0.3) is 0 Å². The monoisotopic (exact) mass is 307 g/mol. The average molecular weight is 307 g/mol. The molecule has 3 unspecified atom stereocenters. The normalized spacial score (nSPS) is 35.8. The molecule has 0 aromatic rings. The van der Waals surface area contributed by atoms with E-state index in [1.54, 1.807) is 0 Å². The summed E-state index contributed by atoms with van der Waals surface area (Å²) in [5, 5.41) is 7.29. The Morgan fingerprint density at radius 1 is 1.27 bits per heavy atom. The van der Waals surface area contributed by atoms with E-state index >= 15 is 0 Å². The highest BCUT2D eigenvalue weighted by atomic mass is 16.5. The number of hydrogen-bond donors (Lipinski definition) is 2. The number of fused-ring (bicyclic) bond motifs is 1. The summed E-state index contributed by atoms with van der Waals surface area (Å²) >= 11 is 0. The molecule has 2 aliphatic carbocycles. The molecule has 3 rings (SSSR count). The standard InChI is InChI=1S/C18H33N3O/c1-5-18(9-7-10-18)12-20-16(19-4)21-14-13-8-6-11-22-15(13)17(14,2)3/h13-15H,5-12H2,1-4H3,(H2,19,20,21). The number of ether oxygens (including phenoxy) is 1. The smallest absolute Gasteiger partial charge is 0.191 e. The van der Waals surface area contributed by atoms with Crippen LogP contribution in [0.4, 0.5) is 0 Å². The van der Waals surface area contributed by atoms with E-state index in [9.17, 15) is 0 Å². The van der Waals surface area contributed by atoms with Crippen LogP contribution in [0, 0.1) is 16.7 Å². The summed E-state index contributed by atoms with van der Waals surface area (Å²) in [6.45, 7) is 8.95. The van der Waals surface area contributed by atoms with Crippen LogP contribution in [0.2, 0.25) is 0 Å². The van der Waals surface area contributed by atoms with E-state index in [1.807, 2.05) is 7.05 Å². The molecular weight excluding hydrogens is 274 g/mol. The van der Waals surface area contributed by atoms with Crippen molar-refractivity contribution in [1.29, 1.82) is 0 Å². The second-order valence-corrected chi connectivity index (χ2v) is 8.17. The molecule has 3 aliphatic rings. The van der Waals surface area contributed by atoms with Crippen molar-refractivity contribution < 1.29 is 4.74 Å². The molecule has 0 spiro atoms. The van der Waals surface area contributed by atoms with Gasteiger partial charge in [-0.2, -0.15) is 0 Å². The molecular formula is C18H33N3O. The lowest BCUT2D eigenvalue weighted by Crippen LogP contribution is -2.71. The number of nitrogens with one attached hydrogen (secondary N) is 2. The average Bonchev–Trinajstić information content (AvgIpc) is 2.49. The lowest BCUT2D eigenvalue weighted by Gasteiger charge is -2.60. The van der Waals surface area contributed by atoms with Crippen molar-refractivity contribution in [2.24, 2.45) is 21.7 Å². The van der Waals surface area contributed by atoms with Crippen LogP contribution in [-0.2, 0) is 4.74 Å². The van der Waals surface area contributed by atoms with Gasteiger partial charge in [0.15, 0.2) is 5.96 Å². The number of hydrogen-bond acceptors (Lipinski definition) is 2. The van der Waals surface area contributed by atoms with Gasteiger partial charge in [0.2, 0.25) is 0 Å². The number of aliphatic imine (C=N–C) groups is 1. The van der Waals surface area contributed by atoms with Crippen molar-refractivity contribution in [2.45, 2.75) is 71.4 Å². The molecule has 0 aromatic carbocycles. The number of rotatable bonds is 4. The maximum Gasteiger partial charge on any atom is 0.191 e. The van der Waals surface area contributed by atoms with Crippen molar-refractivity contribution in [3.05, 3.63) is 0 Å². The highest BCUT2D eigenvalue weighted by Crippen LogP contribution is 2.51. The SMILES string of the molecule is CCC1(CNC(=NC)NC2C3CCCOC3C2(C)C)CCC1. The van der Waals surface area contributed by atoms with E-state index in [2.05, 4.69) is 36.4 Å². The molecule has 0 amide bonds. The second-order valence-electron chi connectivity index (χ2n) is 8.17. The van der Waals surface area contributed by atoms with Gasteiger partial charge in [0.1, 0.15) is 0 Å². The Balaban J connectivity index is 1.56. The molecule has 0 radical (unpaired) electrons. The van der Waals surface area contributed by atoms with Gasteiger partial charge in [-0.05, 0) is 37.5 Å². The first-order chi connectivity index (χ1) is 10.5. The molecule has 126 valence electrons. The van der Waals surface area contributed by atoms with Gasteiger partial charge < -0.3 is 15.4 Å². The summed E-state index contributed by atoms with van der Waals surface area (Å²) in [6.07, 6.45) is 8.28. The van der Waals surface area contributed by atoms with Crippen molar-refractivity contribution >= 4 is 5.96 Å². The van der Waals surface area contributed by atoms with Crippen LogP contribution in [0.1, 0.15) is 59.3 Å². The Kier molecular flexibility index (Phi) is 4.41. The van der Waals surface area contributed by atoms with E-state index in [1.165, 1.54) is 38.5 Å². The van der Waals surface area contributed by atoms with Gasteiger partial charge in [0.05, 0.1) is 6.10 Å². The molecule has 2 saturated carbocycles. The van der Waals surface area contributed by atoms with Crippen LogP contribution >= 0.6 is 0 Å². The van der Waals surface area contributed by atoms with E-state index in [0.717, 1.165) is 19.1 Å². The third-order valence-electron chi connectivity index (χ3n) is 6.64. The second kappa shape index (κ2) is 6.03. The first-order valence-electron chi connectivity index (χ1n) is 9.11. The van der Waals surface area contributed by atoms with Gasteiger partial charge in [0, 0.05) is 37.6 Å². The quantitative estimate of drug-likeness (QED) is 0.620. The van der Waals surface area contributed by atoms with E-state index in [-0.39, 0.29) is 5.41 Å². The van der Waals surface area contributed by atoms with E-state index < -0.39 is 0 Å². The first kappa shape index (κ1) is 16.1. The van der Waals surface area contributed by atoms with E-state index in [4.69, 9.17) is 4.74 Å². The van der Waals surface area contributed by atoms with Crippen molar-refractivity contribution in [1.82, 2.24) is 10.6 Å². The van der Waals surface area contributed by atoms with Crippen molar-refractivity contribution in [3.8, 4) is 0 Å². The molecule has 1 heterocycles. The van der Waals surface area contributed by atoms with Crippen LogP contribution in [-0.4, -0.2) is 38.3 Å². The Hall–Kier alpha value is -0.770. The van der Waals surface area contributed by atoms with E-state index in [0.29, 0.717) is 23.5 Å². The summed E-state index contributed by atoms with van der Waals surface area (Å²) in [5.74, 6) is 1.62. The zero-order valence-electron chi connectivity index (χ0n) is 14.7. The minimum Gasteiger partial charge on any atom is -0.377 e. The maximum atomic E-state index is 6.00. The summed E-state index contributed by atoms with van der Waals surface area (Å²) in [7, 11) is 1.88. The Bertz CT molecular complexity index is 423. The highest BCUT2D eigenvalue weighted by molar-refractivity contribution is 5.80. The lowest BCUT2D eigenvalue weighted by molar-refractivity contribution is -0.188. The molecule has 0 aromatic heterocycles. The number of nitrogens with zero attached hydrogens (tertiary/aromatic N) is 1. The van der Waals surface area contributed by atoms with Gasteiger partial charge in [-0.3, -0.25) is 4.99 Å². The van der Waals surface area contributed by atoms with Crippen LogP contribution in [0.25, 0.3) is 0 Å². The first-order valence-corrected chi connectivity index (χ1v) is 9.11. The van der Waals surface area contributed by atoms with Gasteiger partial charge in [-0.1, -0.05) is 27.2 Å². The third-order valence-corrected chi connectivity index (χ3v) is 6.64. The summed E-state index contributed by atoms with van der Waals surface area (Å²) in [5.41, 5.74) is 0.713. The zero-order chi connectivity index (χ0) is 15.8. The molecule has 1 saturated heterocycles. The Morgan fingerprint density at radius 3 is 2.64 bits per heavy atom. The topological polar surface area (TPSA) is 45.7 Å². The fourth-order valence-corrected chi connectivity index (χ4v) is 4.76. The third kappa shape index (κ3) is 2.64. The Labute approximate surface area is 135 Å². The highest BCUT2D eigenvalue weighted by Gasteiger charge is 2.58. The van der Waals surface area contributed by atoms with Crippen LogP contribution < -0.4 is 10.6 Å². The predicted molar refractivity (Wildman–Crippen MR) is 91.1 cm³/mol. The maximum absolute atomic E-state index is 6.00. The van der Waals surface area contributed by atoms with Gasteiger partial charge in [-0.25, -0.2) is 0 Å². The van der Waals surface area contributed by atoms with Crippen LogP contribution in [0.5, 0.6) is 0 Å². The van der Waals surface area contributed by atoms with Gasteiger partial charge in [-0.15, -0.1) is 0 Å². The summed E-state index contributed by atoms with van der Waals surface area (Å²) in [6, 6.07) is 0.475. The van der Waals surface area contributed by atoms with Crippen molar-refractivity contribution in [3.63, 3.8) is 0 Å².